The van der Waals surface area contributed by atoms with Crippen molar-refractivity contribution >= 4 is 40.3 Å². The van der Waals surface area contributed by atoms with Gasteiger partial charge < -0.3 is 20.1 Å². The third kappa shape index (κ3) is 5.47. The molecule has 0 fully saturated rings. The van der Waals surface area contributed by atoms with Crippen LogP contribution in [0.25, 0.3) is 0 Å². The number of alkyl halides is 3. The summed E-state index contributed by atoms with van der Waals surface area (Å²) in [6.45, 7) is 0. The van der Waals surface area contributed by atoms with Crippen molar-refractivity contribution in [3.63, 3.8) is 0 Å². The van der Waals surface area contributed by atoms with Crippen LogP contribution < -0.4 is 20.1 Å². The molecule has 0 aromatic heterocycles. The molecule has 128 valence electrons. The second-order valence-corrected chi connectivity index (χ2v) is 5.32. The van der Waals surface area contributed by atoms with E-state index in [1.54, 1.807) is 18.2 Å². The largest absolute Gasteiger partial charge is 0.573 e. The van der Waals surface area contributed by atoms with Crippen LogP contribution in [0.4, 0.5) is 24.5 Å². The van der Waals surface area contributed by atoms with Crippen LogP contribution in [0.1, 0.15) is 0 Å². The van der Waals surface area contributed by atoms with Crippen LogP contribution >= 0.6 is 23.8 Å². The Morgan fingerprint density at radius 2 is 1.62 bits per heavy atom. The first-order valence-corrected chi connectivity index (χ1v) is 7.33. The zero-order valence-corrected chi connectivity index (χ0v) is 13.9. The number of hydrogen-bond donors (Lipinski definition) is 2. The maximum atomic E-state index is 12.1. The number of methoxy groups -OCH3 is 1. The molecular formula is C15H12ClF3N2O2S. The summed E-state index contributed by atoms with van der Waals surface area (Å²) >= 11 is 11.1. The van der Waals surface area contributed by atoms with E-state index in [0.717, 1.165) is 0 Å². The maximum Gasteiger partial charge on any atom is 0.573 e. The highest BCUT2D eigenvalue weighted by atomic mass is 35.5. The van der Waals surface area contributed by atoms with E-state index in [-0.39, 0.29) is 10.9 Å². The van der Waals surface area contributed by atoms with Crippen LogP contribution in [0.2, 0.25) is 5.02 Å². The Labute approximate surface area is 146 Å². The summed E-state index contributed by atoms with van der Waals surface area (Å²) < 4.78 is 45.1. The van der Waals surface area contributed by atoms with Gasteiger partial charge in [-0.05, 0) is 54.7 Å². The van der Waals surface area contributed by atoms with Gasteiger partial charge in [0.05, 0.1) is 12.1 Å². The number of nitrogens with one attached hydrogen (secondary N) is 2. The third-order valence-electron chi connectivity index (χ3n) is 2.76. The lowest BCUT2D eigenvalue weighted by molar-refractivity contribution is -0.274. The van der Waals surface area contributed by atoms with Crippen molar-refractivity contribution in [1.29, 1.82) is 0 Å². The number of anilines is 2. The Bertz CT molecular complexity index is 724. The lowest BCUT2D eigenvalue weighted by Crippen LogP contribution is -2.19. The van der Waals surface area contributed by atoms with E-state index in [9.17, 15) is 13.2 Å². The summed E-state index contributed by atoms with van der Waals surface area (Å²) in [6.07, 6.45) is -4.72. The summed E-state index contributed by atoms with van der Waals surface area (Å²) in [5.74, 6) is 0.218. The van der Waals surface area contributed by atoms with E-state index in [4.69, 9.17) is 28.6 Å². The first-order chi connectivity index (χ1) is 11.3. The van der Waals surface area contributed by atoms with Gasteiger partial charge in [-0.1, -0.05) is 11.6 Å². The van der Waals surface area contributed by atoms with Gasteiger partial charge in [-0.2, -0.15) is 0 Å². The van der Waals surface area contributed by atoms with Gasteiger partial charge in [-0.25, -0.2) is 0 Å². The molecule has 0 saturated heterocycles. The van der Waals surface area contributed by atoms with Crippen LogP contribution in [0.5, 0.6) is 11.5 Å². The van der Waals surface area contributed by atoms with Crippen molar-refractivity contribution in [2.45, 2.75) is 6.36 Å². The fraction of sp³-hybridized carbons (Fsp3) is 0.133. The predicted octanol–water partition coefficient (Wildman–Crippen LogP) is 5.06. The van der Waals surface area contributed by atoms with Gasteiger partial charge in [0.15, 0.2) is 5.11 Å². The highest BCUT2D eigenvalue weighted by Gasteiger charge is 2.30. The van der Waals surface area contributed by atoms with E-state index in [1.165, 1.54) is 31.4 Å². The van der Waals surface area contributed by atoms with E-state index in [0.29, 0.717) is 22.1 Å². The second-order valence-electron chi connectivity index (χ2n) is 4.50. The molecule has 0 spiro atoms. The zero-order valence-electron chi connectivity index (χ0n) is 12.3. The summed E-state index contributed by atoms with van der Waals surface area (Å²) in [5, 5.41) is 6.41. The Balaban J connectivity index is 1.96. The molecule has 0 saturated carbocycles. The quantitative estimate of drug-likeness (QED) is 0.730. The van der Waals surface area contributed by atoms with Gasteiger partial charge in [-0.3, -0.25) is 0 Å². The average molecular weight is 377 g/mol. The van der Waals surface area contributed by atoms with Crippen LogP contribution in [0.3, 0.4) is 0 Å². The Hall–Kier alpha value is -2.19. The zero-order chi connectivity index (χ0) is 17.7. The van der Waals surface area contributed by atoms with E-state index >= 15 is 0 Å². The minimum absolute atomic E-state index is 0.251. The molecule has 0 amide bonds. The molecule has 0 heterocycles. The standard InChI is InChI=1S/C15H12ClF3N2O2S/c1-22-13-7-4-10(8-12(13)16)21-14(24)20-9-2-5-11(6-3-9)23-15(17,18)19/h2-8H,1H3,(H2,20,21,24). The smallest absolute Gasteiger partial charge is 0.495 e. The molecule has 0 unspecified atom stereocenters. The van der Waals surface area contributed by atoms with Gasteiger partial charge in [-0.15, -0.1) is 13.2 Å². The van der Waals surface area contributed by atoms with Gasteiger partial charge >= 0.3 is 6.36 Å². The summed E-state index contributed by atoms with van der Waals surface area (Å²) in [4.78, 5) is 0. The monoisotopic (exact) mass is 376 g/mol. The number of benzene rings is 2. The molecular weight excluding hydrogens is 365 g/mol. The SMILES string of the molecule is COc1ccc(NC(=S)Nc2ccc(OC(F)(F)F)cc2)cc1Cl. The Kier molecular flexibility index (Phi) is 5.74. The van der Waals surface area contributed by atoms with Crippen molar-refractivity contribution in [2.24, 2.45) is 0 Å². The van der Waals surface area contributed by atoms with Crippen molar-refractivity contribution in [1.82, 2.24) is 0 Å². The first-order valence-electron chi connectivity index (χ1n) is 6.54. The third-order valence-corrected chi connectivity index (χ3v) is 3.25. The molecule has 0 aliphatic carbocycles. The minimum Gasteiger partial charge on any atom is -0.495 e. The Morgan fingerprint density at radius 3 is 2.17 bits per heavy atom. The summed E-state index contributed by atoms with van der Waals surface area (Å²) in [7, 11) is 1.51. The fourth-order valence-corrected chi connectivity index (χ4v) is 2.27. The van der Waals surface area contributed by atoms with E-state index < -0.39 is 6.36 Å². The predicted molar refractivity (Wildman–Crippen MR) is 91.0 cm³/mol. The highest BCUT2D eigenvalue weighted by Crippen LogP contribution is 2.27. The van der Waals surface area contributed by atoms with Crippen molar-refractivity contribution in [3.05, 3.63) is 47.5 Å². The number of ether oxygens (including phenoxy) is 2. The number of halogens is 4. The van der Waals surface area contributed by atoms with Gasteiger partial charge in [0.1, 0.15) is 11.5 Å². The summed E-state index contributed by atoms with van der Waals surface area (Å²) in [6, 6.07) is 10.2. The lowest BCUT2D eigenvalue weighted by atomic mass is 10.3. The Morgan fingerprint density at radius 1 is 1.04 bits per heavy atom. The van der Waals surface area contributed by atoms with Crippen molar-refractivity contribution in [3.8, 4) is 11.5 Å². The summed E-state index contributed by atoms with van der Waals surface area (Å²) in [5.41, 5.74) is 1.14. The molecule has 4 nitrogen and oxygen atoms in total. The fourth-order valence-electron chi connectivity index (χ4n) is 1.78. The average Bonchev–Trinajstić information content (AvgIpc) is 2.48. The number of thiocarbonyl (C=S) groups is 1. The van der Waals surface area contributed by atoms with Crippen molar-refractivity contribution < 1.29 is 22.6 Å². The van der Waals surface area contributed by atoms with Crippen molar-refractivity contribution in [2.75, 3.05) is 17.7 Å². The van der Waals surface area contributed by atoms with Crippen LogP contribution in [-0.4, -0.2) is 18.6 Å². The van der Waals surface area contributed by atoms with Gasteiger partial charge in [0.25, 0.3) is 0 Å². The van der Waals surface area contributed by atoms with E-state index in [2.05, 4.69) is 15.4 Å². The minimum atomic E-state index is -4.72. The topological polar surface area (TPSA) is 42.5 Å². The molecule has 0 bridgehead atoms. The molecule has 24 heavy (non-hydrogen) atoms. The second kappa shape index (κ2) is 7.59. The molecule has 0 aliphatic rings. The van der Waals surface area contributed by atoms with Crippen LogP contribution in [0.15, 0.2) is 42.5 Å². The normalized spacial score (nSPS) is 10.9. The lowest BCUT2D eigenvalue weighted by Gasteiger charge is -2.13. The molecule has 0 atom stereocenters. The molecule has 0 aliphatic heterocycles. The molecule has 0 radical (unpaired) electrons. The van der Waals surface area contributed by atoms with E-state index in [1.807, 2.05) is 0 Å². The van der Waals surface area contributed by atoms with Gasteiger partial charge in [0.2, 0.25) is 0 Å². The molecule has 2 aromatic carbocycles. The first kappa shape index (κ1) is 18.2. The molecule has 2 rings (SSSR count). The molecule has 2 N–H and O–H groups in total. The van der Waals surface area contributed by atoms with Gasteiger partial charge in [0, 0.05) is 11.4 Å². The maximum absolute atomic E-state index is 12.1. The van der Waals surface area contributed by atoms with Crippen LogP contribution in [0, 0.1) is 0 Å². The molecule has 9 heteroatoms. The highest BCUT2D eigenvalue weighted by molar-refractivity contribution is 7.80. The number of rotatable bonds is 4. The van der Waals surface area contributed by atoms with Crippen LogP contribution in [-0.2, 0) is 0 Å². The molecule has 2 aromatic rings. The number of hydrogen-bond acceptors (Lipinski definition) is 3.